The minimum absolute atomic E-state index is 0.140. The molecule has 1 unspecified atom stereocenters. The van der Waals surface area contributed by atoms with Crippen LogP contribution in [0, 0.1) is 0 Å². The fourth-order valence-corrected chi connectivity index (χ4v) is 2.47. The van der Waals surface area contributed by atoms with E-state index in [4.69, 9.17) is 0 Å². The van der Waals surface area contributed by atoms with Gasteiger partial charge in [0, 0.05) is 23.6 Å². The van der Waals surface area contributed by atoms with Crippen LogP contribution in [-0.4, -0.2) is 23.0 Å². The summed E-state index contributed by atoms with van der Waals surface area (Å²) >= 11 is 0. The zero-order valence-electron chi connectivity index (χ0n) is 9.77. The van der Waals surface area contributed by atoms with E-state index in [1.807, 2.05) is 30.3 Å². The van der Waals surface area contributed by atoms with Crippen LogP contribution in [0.2, 0.25) is 0 Å². The van der Waals surface area contributed by atoms with Gasteiger partial charge in [0.25, 0.3) is 5.91 Å². The summed E-state index contributed by atoms with van der Waals surface area (Å²) in [6.07, 6.45) is 0. The summed E-state index contributed by atoms with van der Waals surface area (Å²) in [5.74, 6) is -0.140. The molecule has 3 heteroatoms. The van der Waals surface area contributed by atoms with Gasteiger partial charge in [-0.3, -0.25) is 4.79 Å². The van der Waals surface area contributed by atoms with Gasteiger partial charge in [-0.2, -0.15) is 0 Å². The van der Waals surface area contributed by atoms with E-state index in [1.165, 1.54) is 4.90 Å². The third-order valence-electron chi connectivity index (χ3n) is 3.60. The standard InChI is InChI=1S/C14H13NO2/c1-14(17)11-8-4-6-9-5-3-7-10(12(9)11)13(16)15(14)2/h3-8,17H,1-2H3. The highest BCUT2D eigenvalue weighted by Crippen LogP contribution is 2.38. The van der Waals surface area contributed by atoms with E-state index in [0.717, 1.165) is 16.3 Å². The highest BCUT2D eigenvalue weighted by molar-refractivity contribution is 6.10. The Balaban J connectivity index is 2.52. The highest BCUT2D eigenvalue weighted by atomic mass is 16.3. The maximum absolute atomic E-state index is 12.2. The Hall–Kier alpha value is -1.87. The first-order chi connectivity index (χ1) is 8.03. The molecule has 0 bridgehead atoms. The quantitative estimate of drug-likeness (QED) is 0.748. The van der Waals surface area contributed by atoms with Gasteiger partial charge in [0.15, 0.2) is 5.72 Å². The third kappa shape index (κ3) is 1.17. The Bertz CT molecular complexity index is 626. The fraction of sp³-hybridized carbons (Fsp3) is 0.214. The number of hydrogen-bond donors (Lipinski definition) is 1. The monoisotopic (exact) mass is 227 g/mol. The SMILES string of the molecule is CN1C(=O)c2cccc3cccc(c23)C1(C)O. The molecule has 0 spiro atoms. The van der Waals surface area contributed by atoms with Gasteiger partial charge >= 0.3 is 0 Å². The van der Waals surface area contributed by atoms with E-state index in [1.54, 1.807) is 20.0 Å². The van der Waals surface area contributed by atoms with E-state index in [9.17, 15) is 9.90 Å². The van der Waals surface area contributed by atoms with E-state index in [0.29, 0.717) is 5.56 Å². The molecule has 3 nitrogen and oxygen atoms in total. The van der Waals surface area contributed by atoms with Crippen LogP contribution in [0.15, 0.2) is 36.4 Å². The van der Waals surface area contributed by atoms with E-state index >= 15 is 0 Å². The Morgan fingerprint density at radius 3 is 2.53 bits per heavy atom. The zero-order valence-corrected chi connectivity index (χ0v) is 9.77. The van der Waals surface area contributed by atoms with Gasteiger partial charge in [-0.05, 0) is 18.4 Å². The first-order valence-corrected chi connectivity index (χ1v) is 5.56. The maximum Gasteiger partial charge on any atom is 0.256 e. The lowest BCUT2D eigenvalue weighted by atomic mass is 9.88. The summed E-state index contributed by atoms with van der Waals surface area (Å²) in [5.41, 5.74) is 0.199. The molecule has 0 fully saturated rings. The number of benzene rings is 2. The summed E-state index contributed by atoms with van der Waals surface area (Å²) in [6.45, 7) is 1.65. The van der Waals surface area contributed by atoms with Crippen molar-refractivity contribution in [1.29, 1.82) is 0 Å². The molecule has 3 rings (SSSR count). The van der Waals surface area contributed by atoms with Crippen molar-refractivity contribution in [3.8, 4) is 0 Å². The fourth-order valence-electron chi connectivity index (χ4n) is 2.47. The first-order valence-electron chi connectivity index (χ1n) is 5.56. The van der Waals surface area contributed by atoms with Crippen molar-refractivity contribution in [3.63, 3.8) is 0 Å². The van der Waals surface area contributed by atoms with Crippen LogP contribution in [0.1, 0.15) is 22.8 Å². The van der Waals surface area contributed by atoms with Gasteiger partial charge in [-0.25, -0.2) is 0 Å². The van der Waals surface area contributed by atoms with E-state index in [2.05, 4.69) is 0 Å². The largest absolute Gasteiger partial charge is 0.367 e. The molecular formula is C14H13NO2. The number of hydrogen-bond acceptors (Lipinski definition) is 2. The lowest BCUT2D eigenvalue weighted by Crippen LogP contribution is -2.47. The second kappa shape index (κ2) is 3.08. The molecule has 0 saturated carbocycles. The molecule has 0 aliphatic carbocycles. The average molecular weight is 227 g/mol. The van der Waals surface area contributed by atoms with Crippen molar-refractivity contribution in [2.24, 2.45) is 0 Å². The summed E-state index contributed by atoms with van der Waals surface area (Å²) in [7, 11) is 1.62. The van der Waals surface area contributed by atoms with Crippen LogP contribution in [0.25, 0.3) is 10.8 Å². The summed E-state index contributed by atoms with van der Waals surface area (Å²) in [6, 6.07) is 11.4. The number of carbonyl (C=O) groups excluding carboxylic acids is 1. The first kappa shape index (κ1) is 10.3. The molecular weight excluding hydrogens is 214 g/mol. The molecule has 1 aliphatic rings. The molecule has 17 heavy (non-hydrogen) atoms. The molecule has 1 aliphatic heterocycles. The van der Waals surface area contributed by atoms with Crippen molar-refractivity contribution >= 4 is 16.7 Å². The minimum atomic E-state index is -1.25. The predicted molar refractivity (Wildman–Crippen MR) is 65.6 cm³/mol. The molecule has 0 saturated heterocycles. The predicted octanol–water partition coefficient (Wildman–Crippen LogP) is 2.09. The molecule has 1 atom stereocenters. The molecule has 86 valence electrons. The van der Waals surface area contributed by atoms with Crippen molar-refractivity contribution in [2.75, 3.05) is 7.05 Å². The van der Waals surface area contributed by atoms with Crippen LogP contribution >= 0.6 is 0 Å². The third-order valence-corrected chi connectivity index (χ3v) is 3.60. The van der Waals surface area contributed by atoms with E-state index in [-0.39, 0.29) is 5.91 Å². The van der Waals surface area contributed by atoms with Gasteiger partial charge in [0.05, 0.1) is 0 Å². The van der Waals surface area contributed by atoms with Crippen LogP contribution in [-0.2, 0) is 5.72 Å². The van der Waals surface area contributed by atoms with Gasteiger partial charge in [0.1, 0.15) is 0 Å². The molecule has 0 aromatic heterocycles. The van der Waals surface area contributed by atoms with Gasteiger partial charge in [-0.15, -0.1) is 0 Å². The average Bonchev–Trinajstić information content (AvgIpc) is 2.34. The highest BCUT2D eigenvalue weighted by Gasteiger charge is 2.39. The molecule has 0 radical (unpaired) electrons. The number of carbonyl (C=O) groups is 1. The summed E-state index contributed by atoms with van der Waals surface area (Å²) < 4.78 is 0. The van der Waals surface area contributed by atoms with Crippen molar-refractivity contribution < 1.29 is 9.90 Å². The molecule has 2 aromatic carbocycles. The lowest BCUT2D eigenvalue weighted by molar-refractivity contribution is -0.0676. The van der Waals surface area contributed by atoms with Crippen molar-refractivity contribution in [2.45, 2.75) is 12.6 Å². The van der Waals surface area contributed by atoms with Crippen LogP contribution < -0.4 is 0 Å². The Morgan fingerprint density at radius 2 is 1.82 bits per heavy atom. The molecule has 2 aromatic rings. The number of aliphatic hydroxyl groups is 1. The minimum Gasteiger partial charge on any atom is -0.367 e. The second-order valence-corrected chi connectivity index (χ2v) is 4.59. The zero-order chi connectivity index (χ0) is 12.2. The van der Waals surface area contributed by atoms with Gasteiger partial charge in [-0.1, -0.05) is 30.3 Å². The van der Waals surface area contributed by atoms with Gasteiger partial charge in [0.2, 0.25) is 0 Å². The number of amides is 1. The van der Waals surface area contributed by atoms with Crippen LogP contribution in [0.4, 0.5) is 0 Å². The Kier molecular flexibility index (Phi) is 1.86. The van der Waals surface area contributed by atoms with Gasteiger partial charge < -0.3 is 10.0 Å². The summed E-state index contributed by atoms with van der Waals surface area (Å²) in [4.78, 5) is 13.6. The summed E-state index contributed by atoms with van der Waals surface area (Å²) in [5, 5.41) is 12.3. The maximum atomic E-state index is 12.2. The van der Waals surface area contributed by atoms with Crippen molar-refractivity contribution in [3.05, 3.63) is 47.5 Å². The normalized spacial score (nSPS) is 23.2. The second-order valence-electron chi connectivity index (χ2n) is 4.59. The van der Waals surface area contributed by atoms with Crippen LogP contribution in [0.5, 0.6) is 0 Å². The smallest absolute Gasteiger partial charge is 0.256 e. The Labute approximate surface area is 99.3 Å². The van der Waals surface area contributed by atoms with Crippen LogP contribution in [0.3, 0.4) is 0 Å². The topological polar surface area (TPSA) is 40.5 Å². The lowest BCUT2D eigenvalue weighted by Gasteiger charge is -2.39. The number of rotatable bonds is 0. The molecule has 1 N–H and O–H groups in total. The van der Waals surface area contributed by atoms with Crippen molar-refractivity contribution in [1.82, 2.24) is 4.90 Å². The molecule has 1 amide bonds. The molecule has 1 heterocycles. The van der Waals surface area contributed by atoms with E-state index < -0.39 is 5.72 Å². The Morgan fingerprint density at radius 1 is 1.18 bits per heavy atom. The number of nitrogens with zero attached hydrogens (tertiary/aromatic N) is 1.